The molecular weight excluding hydrogens is 314 g/mol. The first-order valence-electron chi connectivity index (χ1n) is 6.09. The fourth-order valence-electron chi connectivity index (χ4n) is 2.03. The molecule has 2 aromatic rings. The summed E-state index contributed by atoms with van der Waals surface area (Å²) >= 11 is 3.30. The molecule has 0 unspecified atom stereocenters. The monoisotopic (exact) mass is 328 g/mol. The van der Waals surface area contributed by atoms with Crippen LogP contribution in [0.25, 0.3) is 10.9 Å². The predicted molar refractivity (Wildman–Crippen MR) is 76.8 cm³/mol. The molecule has 0 bridgehead atoms. The first-order valence-corrected chi connectivity index (χ1v) is 7.21. The van der Waals surface area contributed by atoms with Crippen molar-refractivity contribution in [1.29, 1.82) is 0 Å². The number of hydrogen-bond acceptors (Lipinski definition) is 2. The van der Waals surface area contributed by atoms with Gasteiger partial charge in [-0.2, -0.15) is 0 Å². The van der Waals surface area contributed by atoms with Gasteiger partial charge in [-0.05, 0) is 23.8 Å². The summed E-state index contributed by atoms with van der Waals surface area (Å²) in [6, 6.07) is 9.74. The Balaban J connectivity index is 2.13. The molecule has 5 heteroatoms. The van der Waals surface area contributed by atoms with E-state index in [9.17, 15) is 8.78 Å². The lowest BCUT2D eigenvalue weighted by Crippen LogP contribution is -2.30. The van der Waals surface area contributed by atoms with Gasteiger partial charge in [0, 0.05) is 30.0 Å². The Hall–Kier alpha value is -1.07. The van der Waals surface area contributed by atoms with Crippen molar-refractivity contribution in [3.05, 3.63) is 42.1 Å². The lowest BCUT2D eigenvalue weighted by molar-refractivity contribution is 0.0881. The molecule has 0 radical (unpaired) electrons. The highest BCUT2D eigenvalue weighted by molar-refractivity contribution is 9.09. The normalized spacial score (nSPS) is 11.6. The van der Waals surface area contributed by atoms with Crippen LogP contribution in [0.5, 0.6) is 0 Å². The van der Waals surface area contributed by atoms with Crippen LogP contribution in [0.3, 0.4) is 0 Å². The van der Waals surface area contributed by atoms with E-state index in [1.807, 2.05) is 30.3 Å². The van der Waals surface area contributed by atoms with Gasteiger partial charge in [0.05, 0.1) is 12.1 Å². The minimum Gasteiger partial charge on any atom is -0.293 e. The second-order valence-corrected chi connectivity index (χ2v) is 5.14. The van der Waals surface area contributed by atoms with Crippen molar-refractivity contribution in [2.24, 2.45) is 0 Å². The summed E-state index contributed by atoms with van der Waals surface area (Å²) in [6.45, 7) is 0.937. The SMILES string of the molecule is FC(F)CN(CCBr)Cc1ccc2ncccc2c1. The number of benzene rings is 1. The van der Waals surface area contributed by atoms with Gasteiger partial charge < -0.3 is 0 Å². The number of nitrogens with zero attached hydrogens (tertiary/aromatic N) is 2. The van der Waals surface area contributed by atoms with Crippen LogP contribution in [0.15, 0.2) is 36.5 Å². The molecule has 1 heterocycles. The summed E-state index contributed by atoms with van der Waals surface area (Å²) in [5.41, 5.74) is 1.95. The molecule has 1 aromatic carbocycles. The fourth-order valence-corrected chi connectivity index (χ4v) is 2.53. The van der Waals surface area contributed by atoms with Gasteiger partial charge in [-0.3, -0.25) is 9.88 Å². The van der Waals surface area contributed by atoms with E-state index in [-0.39, 0.29) is 6.54 Å². The number of pyridine rings is 1. The molecule has 0 aliphatic rings. The molecule has 0 N–H and O–H groups in total. The molecule has 2 rings (SSSR count). The van der Waals surface area contributed by atoms with Crippen molar-refractivity contribution in [2.75, 3.05) is 18.4 Å². The van der Waals surface area contributed by atoms with Crippen LogP contribution in [0, 0.1) is 0 Å². The van der Waals surface area contributed by atoms with Crippen LogP contribution in [-0.4, -0.2) is 34.7 Å². The molecule has 0 amide bonds. The van der Waals surface area contributed by atoms with Gasteiger partial charge in [0.15, 0.2) is 0 Å². The van der Waals surface area contributed by atoms with Gasteiger partial charge in [-0.15, -0.1) is 0 Å². The van der Waals surface area contributed by atoms with Crippen LogP contribution >= 0.6 is 15.9 Å². The van der Waals surface area contributed by atoms with Gasteiger partial charge in [0.1, 0.15) is 0 Å². The molecule has 2 nitrogen and oxygen atoms in total. The maximum atomic E-state index is 12.5. The van der Waals surface area contributed by atoms with Crippen LogP contribution in [-0.2, 0) is 6.54 Å². The molecular formula is C14H15BrF2N2. The van der Waals surface area contributed by atoms with Crippen LogP contribution in [0.1, 0.15) is 5.56 Å². The fraction of sp³-hybridized carbons (Fsp3) is 0.357. The number of halogens is 3. The summed E-state index contributed by atoms with van der Waals surface area (Å²) < 4.78 is 25.0. The molecule has 102 valence electrons. The lowest BCUT2D eigenvalue weighted by Gasteiger charge is -2.21. The Labute approximate surface area is 119 Å². The Bertz CT molecular complexity index is 534. The van der Waals surface area contributed by atoms with Crippen LogP contribution < -0.4 is 0 Å². The second kappa shape index (κ2) is 6.91. The molecule has 19 heavy (non-hydrogen) atoms. The van der Waals surface area contributed by atoms with Gasteiger partial charge in [0.2, 0.25) is 0 Å². The van der Waals surface area contributed by atoms with E-state index in [1.54, 1.807) is 11.1 Å². The molecule has 0 aliphatic heterocycles. The topological polar surface area (TPSA) is 16.1 Å². The number of alkyl halides is 3. The highest BCUT2D eigenvalue weighted by Gasteiger charge is 2.12. The third-order valence-electron chi connectivity index (χ3n) is 2.87. The minimum absolute atomic E-state index is 0.198. The average Bonchev–Trinajstić information content (AvgIpc) is 2.38. The number of hydrogen-bond donors (Lipinski definition) is 0. The van der Waals surface area contributed by atoms with E-state index in [0.717, 1.165) is 16.5 Å². The molecule has 0 saturated carbocycles. The zero-order chi connectivity index (χ0) is 13.7. The summed E-state index contributed by atoms with van der Waals surface area (Å²) in [4.78, 5) is 5.99. The van der Waals surface area contributed by atoms with Gasteiger partial charge >= 0.3 is 0 Å². The largest absolute Gasteiger partial charge is 0.293 e. The maximum Gasteiger partial charge on any atom is 0.251 e. The Kier molecular flexibility index (Phi) is 5.22. The highest BCUT2D eigenvalue weighted by atomic mass is 79.9. The molecule has 0 atom stereocenters. The molecule has 1 aromatic heterocycles. The first kappa shape index (κ1) is 14.3. The third kappa shape index (κ3) is 4.21. The van der Waals surface area contributed by atoms with E-state index >= 15 is 0 Å². The van der Waals surface area contributed by atoms with Crippen molar-refractivity contribution < 1.29 is 8.78 Å². The molecule has 0 fully saturated rings. The van der Waals surface area contributed by atoms with Crippen molar-refractivity contribution in [2.45, 2.75) is 13.0 Å². The first-order chi connectivity index (χ1) is 9.19. The van der Waals surface area contributed by atoms with E-state index in [0.29, 0.717) is 18.4 Å². The molecule has 0 spiro atoms. The van der Waals surface area contributed by atoms with Crippen molar-refractivity contribution >= 4 is 26.8 Å². The summed E-state index contributed by atoms with van der Waals surface area (Å²) in [6.07, 6.45) is -0.558. The smallest absolute Gasteiger partial charge is 0.251 e. The van der Waals surface area contributed by atoms with Gasteiger partial charge in [-0.25, -0.2) is 8.78 Å². The van der Waals surface area contributed by atoms with E-state index in [2.05, 4.69) is 20.9 Å². The zero-order valence-corrected chi connectivity index (χ0v) is 12.0. The Morgan fingerprint density at radius 2 is 2.11 bits per heavy atom. The lowest BCUT2D eigenvalue weighted by atomic mass is 10.1. The highest BCUT2D eigenvalue weighted by Crippen LogP contribution is 2.15. The summed E-state index contributed by atoms with van der Waals surface area (Å²) in [5, 5.41) is 1.73. The maximum absolute atomic E-state index is 12.5. The number of fused-ring (bicyclic) bond motifs is 1. The second-order valence-electron chi connectivity index (χ2n) is 4.35. The number of aromatic nitrogens is 1. The quantitative estimate of drug-likeness (QED) is 0.752. The van der Waals surface area contributed by atoms with E-state index in [4.69, 9.17) is 0 Å². The third-order valence-corrected chi connectivity index (χ3v) is 3.23. The standard InChI is InChI=1S/C14H15BrF2N2/c15-5-7-19(10-14(16)17)9-11-3-4-13-12(8-11)2-1-6-18-13/h1-4,6,8,14H,5,7,9-10H2. The van der Waals surface area contributed by atoms with Crippen molar-refractivity contribution in [3.63, 3.8) is 0 Å². The number of rotatable bonds is 6. The molecule has 0 saturated heterocycles. The Morgan fingerprint density at radius 3 is 2.84 bits per heavy atom. The average molecular weight is 329 g/mol. The Morgan fingerprint density at radius 1 is 1.26 bits per heavy atom. The van der Waals surface area contributed by atoms with Crippen molar-refractivity contribution in [3.8, 4) is 0 Å². The van der Waals surface area contributed by atoms with Gasteiger partial charge in [0.25, 0.3) is 6.43 Å². The zero-order valence-electron chi connectivity index (χ0n) is 10.4. The van der Waals surface area contributed by atoms with Crippen molar-refractivity contribution in [1.82, 2.24) is 9.88 Å². The predicted octanol–water partition coefficient (Wildman–Crippen LogP) is 3.70. The van der Waals surface area contributed by atoms with Crippen LogP contribution in [0.2, 0.25) is 0 Å². The summed E-state index contributed by atoms with van der Waals surface area (Å²) in [7, 11) is 0. The minimum atomic E-state index is -2.30. The van der Waals surface area contributed by atoms with Crippen LogP contribution in [0.4, 0.5) is 8.78 Å². The molecule has 0 aliphatic carbocycles. The summed E-state index contributed by atoms with van der Waals surface area (Å²) in [5.74, 6) is 0. The van der Waals surface area contributed by atoms with E-state index < -0.39 is 6.43 Å². The van der Waals surface area contributed by atoms with E-state index in [1.165, 1.54) is 0 Å². The van der Waals surface area contributed by atoms with Gasteiger partial charge in [-0.1, -0.05) is 28.1 Å².